The maximum Gasteiger partial charge on any atom is 0.317 e. The minimum Gasteiger partial charge on any atom is -0.458 e. The van der Waals surface area contributed by atoms with E-state index in [0.717, 1.165) is 29.2 Å². The fourth-order valence-corrected chi connectivity index (χ4v) is 3.15. The summed E-state index contributed by atoms with van der Waals surface area (Å²) < 4.78 is 7.63. The molecule has 1 aliphatic heterocycles. The van der Waals surface area contributed by atoms with Crippen molar-refractivity contribution in [2.45, 2.75) is 40.2 Å². The highest BCUT2D eigenvalue weighted by Gasteiger charge is 2.31. The average Bonchev–Trinajstić information content (AvgIpc) is 3.03. The summed E-state index contributed by atoms with van der Waals surface area (Å²) in [4.78, 5) is 23.2. The molecule has 2 aromatic heterocycles. The Balaban J connectivity index is 1.70. The van der Waals surface area contributed by atoms with Gasteiger partial charge in [0, 0.05) is 37.1 Å². The van der Waals surface area contributed by atoms with Crippen LogP contribution in [0.5, 0.6) is 6.01 Å². The van der Waals surface area contributed by atoms with Crippen molar-refractivity contribution in [3.63, 3.8) is 0 Å². The van der Waals surface area contributed by atoms with E-state index < -0.39 is 0 Å². The van der Waals surface area contributed by atoms with Crippen molar-refractivity contribution < 1.29 is 9.53 Å². The van der Waals surface area contributed by atoms with Crippen LogP contribution < -0.4 is 4.74 Å². The Hall–Kier alpha value is -2.44. The summed E-state index contributed by atoms with van der Waals surface area (Å²) in [5, 5.41) is 4.33. The Morgan fingerprint density at radius 2 is 1.88 bits per heavy atom. The molecule has 128 valence electrons. The molecule has 1 amide bonds. The Morgan fingerprint density at radius 3 is 2.46 bits per heavy atom. The lowest BCUT2D eigenvalue weighted by molar-refractivity contribution is 0.0768. The average molecular weight is 329 g/mol. The molecule has 1 fully saturated rings. The first-order valence-corrected chi connectivity index (χ1v) is 8.13. The van der Waals surface area contributed by atoms with E-state index in [0.29, 0.717) is 24.7 Å². The van der Waals surface area contributed by atoms with Gasteiger partial charge in [-0.05, 0) is 33.8 Å². The molecule has 2 aromatic rings. The predicted molar refractivity (Wildman–Crippen MR) is 89.1 cm³/mol. The smallest absolute Gasteiger partial charge is 0.317 e. The number of hydrogen-bond acceptors (Lipinski definition) is 5. The standard InChI is InChI=1S/C17H23N5O2/c1-10-8-11(2)19-17(18-10)24-14-6-7-22(9-14)16(23)15-12(3)20-21(5)13(15)4/h8,14H,6-7,9H2,1-5H3. The maximum atomic E-state index is 12.8. The van der Waals surface area contributed by atoms with Crippen LogP contribution in [0.15, 0.2) is 6.07 Å². The first kappa shape index (κ1) is 16.4. The molecule has 1 saturated heterocycles. The molecular weight excluding hydrogens is 306 g/mol. The van der Waals surface area contributed by atoms with Crippen molar-refractivity contribution in [3.05, 3.63) is 34.4 Å². The molecule has 0 spiro atoms. The Labute approximate surface area is 141 Å². The molecule has 0 aliphatic carbocycles. The summed E-state index contributed by atoms with van der Waals surface area (Å²) >= 11 is 0. The largest absolute Gasteiger partial charge is 0.458 e. The van der Waals surface area contributed by atoms with E-state index in [1.54, 1.807) is 4.68 Å². The van der Waals surface area contributed by atoms with Crippen molar-refractivity contribution in [1.82, 2.24) is 24.6 Å². The molecule has 1 unspecified atom stereocenters. The van der Waals surface area contributed by atoms with Crippen LogP contribution in [0.3, 0.4) is 0 Å². The highest BCUT2D eigenvalue weighted by atomic mass is 16.5. The van der Waals surface area contributed by atoms with Crippen LogP contribution in [-0.4, -0.2) is 49.7 Å². The highest BCUT2D eigenvalue weighted by molar-refractivity contribution is 5.96. The number of carbonyl (C=O) groups excluding carboxylic acids is 1. The number of amides is 1. The minimum atomic E-state index is -0.0765. The van der Waals surface area contributed by atoms with E-state index >= 15 is 0 Å². The SMILES string of the molecule is Cc1cc(C)nc(OC2CCN(C(=O)c3c(C)nn(C)c3C)C2)n1. The van der Waals surface area contributed by atoms with Gasteiger partial charge in [-0.15, -0.1) is 0 Å². The van der Waals surface area contributed by atoms with Gasteiger partial charge in [0.05, 0.1) is 17.8 Å². The van der Waals surface area contributed by atoms with Gasteiger partial charge in [0.1, 0.15) is 6.10 Å². The Morgan fingerprint density at radius 1 is 1.21 bits per heavy atom. The molecule has 0 radical (unpaired) electrons. The summed E-state index contributed by atoms with van der Waals surface area (Å²) in [5.41, 5.74) is 4.11. The maximum absolute atomic E-state index is 12.8. The molecule has 0 bridgehead atoms. The van der Waals surface area contributed by atoms with Crippen molar-refractivity contribution >= 4 is 5.91 Å². The van der Waals surface area contributed by atoms with Crippen LogP contribution in [0, 0.1) is 27.7 Å². The van der Waals surface area contributed by atoms with Crippen LogP contribution in [0.2, 0.25) is 0 Å². The lowest BCUT2D eigenvalue weighted by Gasteiger charge is -2.17. The number of carbonyl (C=O) groups is 1. The van der Waals surface area contributed by atoms with E-state index in [2.05, 4.69) is 15.1 Å². The third-order valence-electron chi connectivity index (χ3n) is 4.39. The number of aromatic nitrogens is 4. The predicted octanol–water partition coefficient (Wildman–Crippen LogP) is 1.74. The van der Waals surface area contributed by atoms with Crippen LogP contribution in [0.1, 0.15) is 39.6 Å². The Kier molecular flexibility index (Phi) is 4.26. The van der Waals surface area contributed by atoms with E-state index in [4.69, 9.17) is 4.74 Å². The first-order chi connectivity index (χ1) is 11.3. The normalized spacial score (nSPS) is 17.4. The third kappa shape index (κ3) is 3.11. The summed E-state index contributed by atoms with van der Waals surface area (Å²) in [5.74, 6) is 0.0190. The highest BCUT2D eigenvalue weighted by Crippen LogP contribution is 2.21. The number of ether oxygens (including phenoxy) is 1. The number of nitrogens with zero attached hydrogens (tertiary/aromatic N) is 5. The molecule has 3 rings (SSSR count). The second kappa shape index (κ2) is 6.22. The number of hydrogen-bond donors (Lipinski definition) is 0. The van der Waals surface area contributed by atoms with Crippen LogP contribution in [0.25, 0.3) is 0 Å². The zero-order valence-electron chi connectivity index (χ0n) is 14.8. The summed E-state index contributed by atoms with van der Waals surface area (Å²) in [7, 11) is 1.85. The second-order valence-electron chi connectivity index (χ2n) is 6.38. The second-order valence-corrected chi connectivity index (χ2v) is 6.38. The molecule has 7 nitrogen and oxygen atoms in total. The van der Waals surface area contributed by atoms with Gasteiger partial charge in [0.25, 0.3) is 5.91 Å². The summed E-state index contributed by atoms with van der Waals surface area (Å²) in [6, 6.07) is 2.30. The fourth-order valence-electron chi connectivity index (χ4n) is 3.15. The lowest BCUT2D eigenvalue weighted by Crippen LogP contribution is -2.31. The van der Waals surface area contributed by atoms with Gasteiger partial charge in [-0.1, -0.05) is 0 Å². The number of likely N-dealkylation sites (tertiary alicyclic amines) is 1. The Bertz CT molecular complexity index is 763. The van der Waals surface area contributed by atoms with Gasteiger partial charge in [-0.3, -0.25) is 9.48 Å². The van der Waals surface area contributed by atoms with Crippen molar-refractivity contribution in [2.24, 2.45) is 7.05 Å². The zero-order chi connectivity index (χ0) is 17.4. The monoisotopic (exact) mass is 329 g/mol. The zero-order valence-corrected chi connectivity index (χ0v) is 14.8. The van der Waals surface area contributed by atoms with Gasteiger partial charge in [-0.25, -0.2) is 9.97 Å². The first-order valence-electron chi connectivity index (χ1n) is 8.13. The summed E-state index contributed by atoms with van der Waals surface area (Å²) in [6.45, 7) is 8.83. The van der Waals surface area contributed by atoms with Gasteiger partial charge in [-0.2, -0.15) is 5.10 Å². The molecule has 24 heavy (non-hydrogen) atoms. The van der Waals surface area contributed by atoms with Crippen molar-refractivity contribution in [3.8, 4) is 6.01 Å². The molecule has 1 atom stereocenters. The van der Waals surface area contributed by atoms with Gasteiger partial charge in [0.15, 0.2) is 0 Å². The molecule has 1 aliphatic rings. The van der Waals surface area contributed by atoms with Crippen molar-refractivity contribution in [1.29, 1.82) is 0 Å². The number of aryl methyl sites for hydroxylation is 4. The lowest BCUT2D eigenvalue weighted by atomic mass is 10.2. The topological polar surface area (TPSA) is 73.1 Å². The van der Waals surface area contributed by atoms with Crippen LogP contribution >= 0.6 is 0 Å². The van der Waals surface area contributed by atoms with Crippen LogP contribution in [0.4, 0.5) is 0 Å². The molecule has 7 heteroatoms. The van der Waals surface area contributed by atoms with Gasteiger partial charge < -0.3 is 9.64 Å². The van der Waals surface area contributed by atoms with Gasteiger partial charge in [0.2, 0.25) is 0 Å². The fraction of sp³-hybridized carbons (Fsp3) is 0.529. The number of rotatable bonds is 3. The van der Waals surface area contributed by atoms with Crippen LogP contribution in [-0.2, 0) is 7.05 Å². The molecule has 3 heterocycles. The molecule has 0 N–H and O–H groups in total. The quantitative estimate of drug-likeness (QED) is 0.857. The molecule has 0 aromatic carbocycles. The summed E-state index contributed by atoms with van der Waals surface area (Å²) in [6.07, 6.45) is 0.702. The van der Waals surface area contributed by atoms with Gasteiger partial charge >= 0.3 is 6.01 Å². The van der Waals surface area contributed by atoms with E-state index in [-0.39, 0.29) is 12.0 Å². The van der Waals surface area contributed by atoms with Crippen molar-refractivity contribution in [2.75, 3.05) is 13.1 Å². The third-order valence-corrected chi connectivity index (χ3v) is 4.39. The minimum absolute atomic E-state index is 0.0190. The van der Waals surface area contributed by atoms with E-state index in [1.165, 1.54) is 0 Å². The molecule has 0 saturated carbocycles. The van der Waals surface area contributed by atoms with E-state index in [1.807, 2.05) is 45.7 Å². The molecular formula is C17H23N5O2. The van der Waals surface area contributed by atoms with E-state index in [9.17, 15) is 4.79 Å².